The molecule has 0 aromatic heterocycles. The van der Waals surface area contributed by atoms with Gasteiger partial charge in [-0.2, -0.15) is 0 Å². The highest BCUT2D eigenvalue weighted by Gasteiger charge is 2.12. The van der Waals surface area contributed by atoms with E-state index in [-0.39, 0.29) is 12.4 Å². The summed E-state index contributed by atoms with van der Waals surface area (Å²) in [4.78, 5) is 0. The van der Waals surface area contributed by atoms with Crippen LogP contribution < -0.4 is 12.4 Å². The number of hydrogen-bond donors (Lipinski definition) is 0. The molecule has 0 bridgehead atoms. The Bertz CT molecular complexity index is 150. The van der Waals surface area contributed by atoms with Gasteiger partial charge in [-0.15, -0.1) is 6.58 Å². The number of likely N-dealkylation sites (N-methyl/N-ethyl adjacent to an activating group) is 1. The van der Waals surface area contributed by atoms with E-state index in [0.29, 0.717) is 0 Å². The molecule has 0 radical (unpaired) electrons. The highest BCUT2D eigenvalue weighted by molar-refractivity contribution is 4.87. The molecule has 0 aliphatic rings. The topological polar surface area (TPSA) is 0 Å². The Labute approximate surface area is 82.8 Å². The Balaban J connectivity index is 0. The van der Waals surface area contributed by atoms with E-state index in [2.05, 4.69) is 34.2 Å². The van der Waals surface area contributed by atoms with Gasteiger partial charge < -0.3 is 16.9 Å². The number of nitrogens with zero attached hydrogens (tertiary/aromatic N) is 1. The maximum absolute atomic E-state index is 3.91. The fraction of sp³-hybridized carbons (Fsp3) is 0.600. The predicted octanol–water partition coefficient (Wildman–Crippen LogP) is -0.781. The van der Waals surface area contributed by atoms with Crippen LogP contribution in [0, 0.1) is 0 Å². The third-order valence-electron chi connectivity index (χ3n) is 1.64. The van der Waals surface area contributed by atoms with Crippen LogP contribution in [0.5, 0.6) is 0 Å². The summed E-state index contributed by atoms with van der Waals surface area (Å²) in [5.74, 6) is 0. The molecular formula is C10H20ClN. The third-order valence-corrected chi connectivity index (χ3v) is 1.64. The van der Waals surface area contributed by atoms with Crippen molar-refractivity contribution in [1.29, 1.82) is 0 Å². The number of quaternary nitrogens is 1. The molecule has 0 aliphatic heterocycles. The number of hydrogen-bond acceptors (Lipinski definition) is 0. The summed E-state index contributed by atoms with van der Waals surface area (Å²) >= 11 is 0. The molecule has 0 saturated heterocycles. The first kappa shape index (κ1) is 14.3. The monoisotopic (exact) mass is 189 g/mol. The van der Waals surface area contributed by atoms with E-state index in [4.69, 9.17) is 0 Å². The zero-order chi connectivity index (χ0) is 8.91. The van der Waals surface area contributed by atoms with Gasteiger partial charge in [0.1, 0.15) is 0 Å². The van der Waals surface area contributed by atoms with Gasteiger partial charge >= 0.3 is 0 Å². The summed E-state index contributed by atoms with van der Waals surface area (Å²) in [5.41, 5.74) is 1.25. The largest absolute Gasteiger partial charge is 1.00 e. The molecule has 12 heavy (non-hydrogen) atoms. The van der Waals surface area contributed by atoms with Gasteiger partial charge in [-0.1, -0.05) is 12.7 Å². The molecule has 0 amide bonds. The Morgan fingerprint density at radius 3 is 2.25 bits per heavy atom. The summed E-state index contributed by atoms with van der Waals surface area (Å²) < 4.78 is 1.02. The standard InChI is InChI=1S/C10H20N.ClH/c1-6-7-8-11(4,5)9-10(2)3;/h6H,1-2,7-9H2,3-5H3;1H/q+1;/p-1. The van der Waals surface area contributed by atoms with Gasteiger partial charge in [0.15, 0.2) is 0 Å². The highest BCUT2D eigenvalue weighted by Crippen LogP contribution is 2.03. The Morgan fingerprint density at radius 1 is 1.42 bits per heavy atom. The van der Waals surface area contributed by atoms with Crippen molar-refractivity contribution in [3.05, 3.63) is 24.8 Å². The normalized spacial score (nSPS) is 10.2. The van der Waals surface area contributed by atoms with Crippen LogP contribution in [-0.4, -0.2) is 31.7 Å². The van der Waals surface area contributed by atoms with Gasteiger partial charge in [-0.25, -0.2) is 0 Å². The molecule has 0 aromatic carbocycles. The molecule has 0 fully saturated rings. The van der Waals surface area contributed by atoms with Crippen molar-refractivity contribution in [3.8, 4) is 0 Å². The van der Waals surface area contributed by atoms with Crippen molar-refractivity contribution in [2.45, 2.75) is 13.3 Å². The molecule has 0 aromatic rings. The van der Waals surface area contributed by atoms with Crippen LogP contribution in [0.3, 0.4) is 0 Å². The lowest BCUT2D eigenvalue weighted by Crippen LogP contribution is -3.00. The lowest BCUT2D eigenvalue weighted by Gasteiger charge is -2.29. The van der Waals surface area contributed by atoms with Gasteiger partial charge in [0, 0.05) is 6.42 Å². The van der Waals surface area contributed by atoms with Gasteiger partial charge in [-0.05, 0) is 12.5 Å². The summed E-state index contributed by atoms with van der Waals surface area (Å²) in [6.45, 7) is 11.9. The van der Waals surface area contributed by atoms with Crippen molar-refractivity contribution < 1.29 is 16.9 Å². The average Bonchev–Trinajstić information content (AvgIpc) is 1.81. The van der Waals surface area contributed by atoms with Gasteiger partial charge in [0.2, 0.25) is 0 Å². The van der Waals surface area contributed by atoms with E-state index in [1.54, 1.807) is 0 Å². The fourth-order valence-corrected chi connectivity index (χ4v) is 1.25. The van der Waals surface area contributed by atoms with E-state index in [0.717, 1.165) is 24.0 Å². The second kappa shape index (κ2) is 6.27. The third kappa shape index (κ3) is 7.83. The van der Waals surface area contributed by atoms with Crippen LogP contribution in [0.25, 0.3) is 0 Å². The van der Waals surface area contributed by atoms with Crippen LogP contribution in [-0.2, 0) is 0 Å². The molecule has 0 saturated carbocycles. The minimum atomic E-state index is 0. The zero-order valence-corrected chi connectivity index (χ0v) is 9.19. The van der Waals surface area contributed by atoms with Crippen LogP contribution in [0.15, 0.2) is 24.8 Å². The second-order valence-corrected chi connectivity index (χ2v) is 3.85. The summed E-state index contributed by atoms with van der Waals surface area (Å²) in [5, 5.41) is 0. The minimum Gasteiger partial charge on any atom is -1.00 e. The fourth-order valence-electron chi connectivity index (χ4n) is 1.25. The zero-order valence-electron chi connectivity index (χ0n) is 8.44. The minimum absolute atomic E-state index is 0. The molecule has 0 rings (SSSR count). The smallest absolute Gasteiger partial charge is 0.0993 e. The molecule has 0 heterocycles. The SMILES string of the molecule is C=CCC[N+](C)(C)CC(=C)C.[Cl-]. The van der Waals surface area contributed by atoms with Crippen molar-refractivity contribution in [2.24, 2.45) is 0 Å². The lowest BCUT2D eigenvalue weighted by atomic mass is 10.2. The van der Waals surface area contributed by atoms with Crippen LogP contribution in [0.2, 0.25) is 0 Å². The van der Waals surface area contributed by atoms with Crippen LogP contribution in [0.4, 0.5) is 0 Å². The molecular weight excluding hydrogens is 170 g/mol. The Morgan fingerprint density at radius 2 is 1.92 bits per heavy atom. The molecule has 1 nitrogen and oxygen atoms in total. The second-order valence-electron chi connectivity index (χ2n) is 3.85. The van der Waals surface area contributed by atoms with Crippen LogP contribution >= 0.6 is 0 Å². The van der Waals surface area contributed by atoms with Crippen molar-refractivity contribution in [1.82, 2.24) is 0 Å². The van der Waals surface area contributed by atoms with Gasteiger partial charge in [0.05, 0.1) is 27.2 Å². The highest BCUT2D eigenvalue weighted by atomic mass is 35.5. The van der Waals surface area contributed by atoms with Gasteiger partial charge in [-0.3, -0.25) is 0 Å². The maximum atomic E-state index is 3.91. The van der Waals surface area contributed by atoms with Gasteiger partial charge in [0.25, 0.3) is 0 Å². The first-order chi connectivity index (χ1) is 4.98. The first-order valence-corrected chi connectivity index (χ1v) is 4.05. The van der Waals surface area contributed by atoms with Crippen molar-refractivity contribution in [2.75, 3.05) is 27.2 Å². The van der Waals surface area contributed by atoms with E-state index in [1.165, 1.54) is 5.57 Å². The first-order valence-electron chi connectivity index (χ1n) is 4.05. The summed E-state index contributed by atoms with van der Waals surface area (Å²) in [6.07, 6.45) is 3.05. The average molecular weight is 190 g/mol. The van der Waals surface area contributed by atoms with Crippen molar-refractivity contribution >= 4 is 0 Å². The predicted molar refractivity (Wildman–Crippen MR) is 51.5 cm³/mol. The number of rotatable bonds is 5. The van der Waals surface area contributed by atoms with Crippen molar-refractivity contribution in [3.63, 3.8) is 0 Å². The van der Waals surface area contributed by atoms with E-state index in [1.807, 2.05) is 6.08 Å². The van der Waals surface area contributed by atoms with E-state index >= 15 is 0 Å². The number of halogens is 1. The molecule has 2 heteroatoms. The molecule has 72 valence electrons. The molecule has 0 atom stereocenters. The quantitative estimate of drug-likeness (QED) is 0.393. The van der Waals surface area contributed by atoms with Crippen LogP contribution in [0.1, 0.15) is 13.3 Å². The summed E-state index contributed by atoms with van der Waals surface area (Å²) in [7, 11) is 4.44. The lowest BCUT2D eigenvalue weighted by molar-refractivity contribution is -0.885. The Kier molecular flexibility index (Phi) is 7.45. The maximum Gasteiger partial charge on any atom is 0.0993 e. The molecule has 0 unspecified atom stereocenters. The molecule has 0 N–H and O–H groups in total. The van der Waals surface area contributed by atoms with E-state index < -0.39 is 0 Å². The van der Waals surface area contributed by atoms with E-state index in [9.17, 15) is 0 Å². The Hall–Kier alpha value is -0.270. The molecule has 0 spiro atoms. The molecule has 0 aliphatic carbocycles. The summed E-state index contributed by atoms with van der Waals surface area (Å²) in [6, 6.07) is 0.